The quantitative estimate of drug-likeness (QED) is 0.709. The van der Waals surface area contributed by atoms with Gasteiger partial charge in [0.1, 0.15) is 0 Å². The standard InChI is InChI=1S/C24H28N2O3S/c1-2-24(27)25-22-16-17-26(23-11-7-6-10-21(22)23)30(28,29)20-14-12-19(13-15-20)18-8-4-3-5-9-18/h2,6-7,10-15,18,22H,1,3-5,8-9,16-17H2,(H,25,27). The fraction of sp³-hybridized carbons (Fsp3) is 0.375. The molecule has 1 saturated carbocycles. The van der Waals surface area contributed by atoms with E-state index in [0.29, 0.717) is 29.5 Å². The second-order valence-electron chi connectivity index (χ2n) is 8.09. The molecule has 1 heterocycles. The molecule has 1 N–H and O–H groups in total. The highest BCUT2D eigenvalue weighted by Crippen LogP contribution is 2.38. The number of carbonyl (C=O) groups excluding carboxylic acids is 1. The number of amides is 1. The summed E-state index contributed by atoms with van der Waals surface area (Å²) >= 11 is 0. The molecule has 2 aromatic rings. The van der Waals surface area contributed by atoms with Gasteiger partial charge in [0.25, 0.3) is 10.0 Å². The number of anilines is 1. The van der Waals surface area contributed by atoms with Crippen molar-refractivity contribution in [2.45, 2.75) is 55.4 Å². The average molecular weight is 425 g/mol. The van der Waals surface area contributed by atoms with Gasteiger partial charge in [0.2, 0.25) is 5.91 Å². The van der Waals surface area contributed by atoms with Gasteiger partial charge in [0, 0.05) is 6.54 Å². The Balaban J connectivity index is 1.61. The van der Waals surface area contributed by atoms with Crippen molar-refractivity contribution in [1.29, 1.82) is 0 Å². The summed E-state index contributed by atoms with van der Waals surface area (Å²) in [5.41, 5.74) is 2.66. The van der Waals surface area contributed by atoms with Crippen molar-refractivity contribution in [2.24, 2.45) is 0 Å². The molecule has 0 radical (unpaired) electrons. The number of nitrogens with one attached hydrogen (secondary N) is 1. The fourth-order valence-electron chi connectivity index (χ4n) is 4.64. The predicted molar refractivity (Wildman–Crippen MR) is 119 cm³/mol. The minimum atomic E-state index is -3.68. The van der Waals surface area contributed by atoms with E-state index in [1.165, 1.54) is 48.0 Å². The second kappa shape index (κ2) is 8.64. The minimum Gasteiger partial charge on any atom is -0.346 e. The van der Waals surface area contributed by atoms with Crippen molar-refractivity contribution >= 4 is 21.6 Å². The summed E-state index contributed by atoms with van der Waals surface area (Å²) in [6, 6.07) is 14.6. The van der Waals surface area contributed by atoms with Crippen LogP contribution in [0.5, 0.6) is 0 Å². The van der Waals surface area contributed by atoms with Crippen molar-refractivity contribution in [3.8, 4) is 0 Å². The lowest BCUT2D eigenvalue weighted by atomic mass is 9.84. The van der Waals surface area contributed by atoms with Crippen LogP contribution in [0.3, 0.4) is 0 Å². The highest BCUT2D eigenvalue weighted by molar-refractivity contribution is 7.92. The second-order valence-corrected chi connectivity index (χ2v) is 9.96. The molecule has 4 rings (SSSR count). The summed E-state index contributed by atoms with van der Waals surface area (Å²) < 4.78 is 28.4. The third kappa shape index (κ3) is 4.01. The van der Waals surface area contributed by atoms with Gasteiger partial charge in [0.15, 0.2) is 0 Å². The maximum Gasteiger partial charge on any atom is 0.264 e. The highest BCUT2D eigenvalue weighted by atomic mass is 32.2. The Hall–Kier alpha value is -2.60. The van der Waals surface area contributed by atoms with Crippen LogP contribution >= 0.6 is 0 Å². The first kappa shape index (κ1) is 20.7. The monoisotopic (exact) mass is 424 g/mol. The molecule has 1 unspecified atom stereocenters. The van der Waals surface area contributed by atoms with E-state index in [2.05, 4.69) is 11.9 Å². The van der Waals surface area contributed by atoms with E-state index < -0.39 is 10.0 Å². The van der Waals surface area contributed by atoms with E-state index >= 15 is 0 Å². The van der Waals surface area contributed by atoms with Crippen LogP contribution in [0.4, 0.5) is 5.69 Å². The van der Waals surface area contributed by atoms with Gasteiger partial charge >= 0.3 is 0 Å². The first-order valence-electron chi connectivity index (χ1n) is 10.7. The average Bonchev–Trinajstić information content (AvgIpc) is 2.79. The number of hydrogen-bond acceptors (Lipinski definition) is 3. The molecule has 0 saturated heterocycles. The smallest absolute Gasteiger partial charge is 0.264 e. The molecule has 158 valence electrons. The van der Waals surface area contributed by atoms with E-state index in [9.17, 15) is 13.2 Å². The summed E-state index contributed by atoms with van der Waals surface area (Å²) in [5, 5.41) is 2.90. The lowest BCUT2D eigenvalue weighted by molar-refractivity contribution is -0.117. The summed E-state index contributed by atoms with van der Waals surface area (Å²) in [6.07, 6.45) is 7.91. The molecule has 1 atom stereocenters. The Labute approximate surface area is 178 Å². The zero-order valence-electron chi connectivity index (χ0n) is 17.1. The van der Waals surface area contributed by atoms with E-state index in [-0.39, 0.29) is 11.9 Å². The number of nitrogens with zero attached hydrogens (tertiary/aromatic N) is 1. The number of rotatable bonds is 5. The van der Waals surface area contributed by atoms with Gasteiger partial charge in [-0.2, -0.15) is 0 Å². The van der Waals surface area contributed by atoms with E-state index in [1.54, 1.807) is 18.2 Å². The molecule has 0 spiro atoms. The number of benzene rings is 2. The van der Waals surface area contributed by atoms with Crippen LogP contribution in [-0.2, 0) is 14.8 Å². The van der Waals surface area contributed by atoms with Crippen molar-refractivity contribution in [3.05, 3.63) is 72.3 Å². The van der Waals surface area contributed by atoms with Crippen LogP contribution in [0, 0.1) is 0 Å². The fourth-order valence-corrected chi connectivity index (χ4v) is 6.14. The maximum atomic E-state index is 13.4. The first-order chi connectivity index (χ1) is 14.5. The number of fused-ring (bicyclic) bond motifs is 1. The minimum absolute atomic E-state index is 0.230. The molecule has 1 amide bonds. The SMILES string of the molecule is C=CC(=O)NC1CCN(S(=O)(=O)c2ccc(C3CCCCC3)cc2)c2ccccc21. The van der Waals surface area contributed by atoms with E-state index in [1.807, 2.05) is 30.3 Å². The maximum absolute atomic E-state index is 13.4. The molecule has 1 aliphatic carbocycles. The van der Waals surface area contributed by atoms with Crippen LogP contribution in [0.1, 0.15) is 61.6 Å². The Morgan fingerprint density at radius 2 is 1.70 bits per heavy atom. The van der Waals surface area contributed by atoms with Crippen molar-refractivity contribution in [2.75, 3.05) is 10.8 Å². The molecule has 2 aromatic carbocycles. The molecule has 2 aliphatic rings. The molecule has 0 bridgehead atoms. The van der Waals surface area contributed by atoms with Gasteiger partial charge in [-0.3, -0.25) is 9.10 Å². The zero-order valence-corrected chi connectivity index (χ0v) is 17.9. The third-order valence-electron chi connectivity index (χ3n) is 6.25. The Kier molecular flexibility index (Phi) is 5.95. The largest absolute Gasteiger partial charge is 0.346 e. The van der Waals surface area contributed by atoms with Gasteiger partial charge in [0.05, 0.1) is 16.6 Å². The lowest BCUT2D eigenvalue weighted by Gasteiger charge is -2.35. The zero-order chi connectivity index (χ0) is 21.1. The number of para-hydroxylation sites is 1. The summed E-state index contributed by atoms with van der Waals surface area (Å²) in [7, 11) is -3.68. The number of sulfonamides is 1. The first-order valence-corrected chi connectivity index (χ1v) is 12.1. The molecule has 1 fully saturated rings. The van der Waals surface area contributed by atoms with Gasteiger partial charge in [-0.05, 0) is 60.6 Å². The third-order valence-corrected chi connectivity index (χ3v) is 8.08. The Morgan fingerprint density at radius 1 is 1.00 bits per heavy atom. The molecule has 6 heteroatoms. The van der Waals surface area contributed by atoms with Crippen LogP contribution in [0.2, 0.25) is 0 Å². The van der Waals surface area contributed by atoms with Crippen LogP contribution in [0.15, 0.2) is 66.1 Å². The van der Waals surface area contributed by atoms with Crippen molar-refractivity contribution in [1.82, 2.24) is 5.32 Å². The van der Waals surface area contributed by atoms with Crippen LogP contribution in [-0.4, -0.2) is 20.9 Å². The van der Waals surface area contributed by atoms with Gasteiger partial charge in [-0.25, -0.2) is 8.42 Å². The van der Waals surface area contributed by atoms with Crippen molar-refractivity contribution in [3.63, 3.8) is 0 Å². The van der Waals surface area contributed by atoms with Gasteiger partial charge < -0.3 is 5.32 Å². The lowest BCUT2D eigenvalue weighted by Crippen LogP contribution is -2.40. The van der Waals surface area contributed by atoms with Crippen molar-refractivity contribution < 1.29 is 13.2 Å². The number of carbonyl (C=O) groups is 1. The Bertz CT molecular complexity index is 1020. The molecule has 1 aliphatic heterocycles. The van der Waals surface area contributed by atoms with Gasteiger partial charge in [-0.1, -0.05) is 56.2 Å². The highest BCUT2D eigenvalue weighted by Gasteiger charge is 2.33. The van der Waals surface area contributed by atoms with Crippen LogP contribution < -0.4 is 9.62 Å². The summed E-state index contributed by atoms with van der Waals surface area (Å²) in [6.45, 7) is 3.81. The molecule has 30 heavy (non-hydrogen) atoms. The van der Waals surface area contributed by atoms with E-state index in [0.717, 1.165) is 5.56 Å². The molecular weight excluding hydrogens is 396 g/mol. The summed E-state index contributed by atoms with van der Waals surface area (Å²) in [4.78, 5) is 12.1. The van der Waals surface area contributed by atoms with Gasteiger partial charge in [-0.15, -0.1) is 0 Å². The molecule has 5 nitrogen and oxygen atoms in total. The molecule has 0 aromatic heterocycles. The normalized spacial score (nSPS) is 19.7. The topological polar surface area (TPSA) is 66.5 Å². The van der Waals surface area contributed by atoms with Crippen LogP contribution in [0.25, 0.3) is 0 Å². The van der Waals surface area contributed by atoms with E-state index in [4.69, 9.17) is 0 Å². The summed E-state index contributed by atoms with van der Waals surface area (Å²) in [5.74, 6) is 0.282. The predicted octanol–water partition coefficient (Wildman–Crippen LogP) is 4.68. The number of hydrogen-bond donors (Lipinski definition) is 1. The molecular formula is C24H28N2O3S. The Morgan fingerprint density at radius 3 is 2.40 bits per heavy atom.